The van der Waals surface area contributed by atoms with E-state index in [4.69, 9.17) is 0 Å². The van der Waals surface area contributed by atoms with Crippen LogP contribution in [-0.4, -0.2) is 9.78 Å². The molecule has 134 valence electrons. The lowest BCUT2D eigenvalue weighted by Gasteiger charge is -2.18. The molecule has 1 aromatic carbocycles. The van der Waals surface area contributed by atoms with Crippen molar-refractivity contribution in [2.24, 2.45) is 7.05 Å². The van der Waals surface area contributed by atoms with Crippen molar-refractivity contribution in [3.8, 4) is 0 Å². The molecule has 0 saturated heterocycles. The lowest BCUT2D eigenvalue weighted by molar-refractivity contribution is 0.612. The summed E-state index contributed by atoms with van der Waals surface area (Å²) in [5, 5.41) is 10.1. The second-order valence-electron chi connectivity index (χ2n) is 6.20. The van der Waals surface area contributed by atoms with E-state index in [0.717, 1.165) is 6.54 Å². The minimum Gasteiger partial charge on any atom is -0.301 e. The van der Waals surface area contributed by atoms with Crippen LogP contribution in [0.5, 0.6) is 0 Å². The Hall–Kier alpha value is -1.62. The number of aryl methyl sites for hydroxylation is 2. The van der Waals surface area contributed by atoms with Gasteiger partial charge in [-0.25, -0.2) is 0 Å². The van der Waals surface area contributed by atoms with Gasteiger partial charge in [-0.3, -0.25) is 4.68 Å². The second kappa shape index (κ2) is 9.76. The number of hydrogen-bond acceptors (Lipinski definition) is 3. The van der Waals surface area contributed by atoms with E-state index in [1.54, 1.807) is 11.3 Å². The van der Waals surface area contributed by atoms with Crippen molar-refractivity contribution in [3.63, 3.8) is 0 Å². The third-order valence-electron chi connectivity index (χ3n) is 4.23. The van der Waals surface area contributed by atoms with Crippen molar-refractivity contribution < 1.29 is 0 Å². The fraction of sp³-hybridized carbons (Fsp3) is 0.350. The number of rotatable bonds is 8. The molecule has 0 saturated carbocycles. The van der Waals surface area contributed by atoms with Gasteiger partial charge in [0.05, 0.1) is 12.2 Å². The Morgan fingerprint density at radius 3 is 2.56 bits per heavy atom. The first-order chi connectivity index (χ1) is 11.8. The predicted octanol–water partition coefficient (Wildman–Crippen LogP) is 5.13. The maximum atomic E-state index is 4.25. The molecule has 1 atom stereocenters. The zero-order chi connectivity index (χ0) is 16.8. The van der Waals surface area contributed by atoms with Crippen LogP contribution in [0, 0.1) is 0 Å². The molecule has 3 nitrogen and oxygen atoms in total. The molecule has 1 N–H and O–H groups in total. The first-order valence-corrected chi connectivity index (χ1v) is 9.47. The summed E-state index contributed by atoms with van der Waals surface area (Å²) in [6.45, 7) is 3.05. The van der Waals surface area contributed by atoms with Gasteiger partial charge in [-0.1, -0.05) is 43.7 Å². The summed E-state index contributed by atoms with van der Waals surface area (Å²) in [7, 11) is 1.95. The largest absolute Gasteiger partial charge is 0.301 e. The Balaban J connectivity index is 0.00000225. The number of halogens is 1. The molecule has 0 bridgehead atoms. The van der Waals surface area contributed by atoms with Crippen LogP contribution in [0.3, 0.4) is 0 Å². The van der Waals surface area contributed by atoms with Gasteiger partial charge in [0.15, 0.2) is 0 Å². The first-order valence-electron chi connectivity index (χ1n) is 8.59. The van der Waals surface area contributed by atoms with Crippen molar-refractivity contribution in [1.29, 1.82) is 0 Å². The molecule has 5 heteroatoms. The van der Waals surface area contributed by atoms with Crippen LogP contribution in [0.15, 0.2) is 54.2 Å². The average Bonchev–Trinajstić information content (AvgIpc) is 3.26. The van der Waals surface area contributed by atoms with Crippen LogP contribution in [-0.2, 0) is 20.0 Å². The Labute approximate surface area is 160 Å². The number of unbranched alkanes of at least 4 members (excludes halogenated alkanes) is 1. The number of thiophene rings is 1. The number of hydrogen-bond donors (Lipinski definition) is 1. The number of benzene rings is 1. The zero-order valence-electron chi connectivity index (χ0n) is 14.8. The molecule has 1 unspecified atom stereocenters. The van der Waals surface area contributed by atoms with Gasteiger partial charge >= 0.3 is 0 Å². The van der Waals surface area contributed by atoms with Crippen LogP contribution in [0.4, 0.5) is 0 Å². The smallest absolute Gasteiger partial charge is 0.0673 e. The molecule has 0 fully saturated rings. The third kappa shape index (κ3) is 5.43. The molecule has 25 heavy (non-hydrogen) atoms. The number of nitrogens with one attached hydrogen (secondary N) is 1. The summed E-state index contributed by atoms with van der Waals surface area (Å²) in [4.78, 5) is 1.35. The highest BCUT2D eigenvalue weighted by Crippen LogP contribution is 2.27. The van der Waals surface area contributed by atoms with Gasteiger partial charge in [-0.15, -0.1) is 23.7 Å². The molecule has 2 aromatic heterocycles. The van der Waals surface area contributed by atoms with E-state index in [1.807, 2.05) is 17.9 Å². The van der Waals surface area contributed by atoms with E-state index in [1.165, 1.54) is 40.8 Å². The highest BCUT2D eigenvalue weighted by Gasteiger charge is 2.15. The van der Waals surface area contributed by atoms with Gasteiger partial charge in [-0.2, -0.15) is 5.10 Å². The van der Waals surface area contributed by atoms with Gasteiger partial charge in [-0.05, 0) is 35.4 Å². The molecule has 0 aliphatic heterocycles. The van der Waals surface area contributed by atoms with E-state index in [9.17, 15) is 0 Å². The highest BCUT2D eigenvalue weighted by molar-refractivity contribution is 7.10. The van der Waals surface area contributed by atoms with E-state index in [0.29, 0.717) is 0 Å². The Morgan fingerprint density at radius 2 is 1.96 bits per heavy atom. The molecule has 0 spiro atoms. The Bertz CT molecular complexity index is 735. The van der Waals surface area contributed by atoms with Crippen molar-refractivity contribution in [2.75, 3.05) is 0 Å². The van der Waals surface area contributed by atoms with Gasteiger partial charge in [0.25, 0.3) is 0 Å². The van der Waals surface area contributed by atoms with Crippen molar-refractivity contribution in [1.82, 2.24) is 15.1 Å². The zero-order valence-corrected chi connectivity index (χ0v) is 16.4. The van der Waals surface area contributed by atoms with Gasteiger partial charge in [0.1, 0.15) is 0 Å². The monoisotopic (exact) mass is 375 g/mol. The number of nitrogens with zero attached hydrogens (tertiary/aromatic N) is 2. The third-order valence-corrected chi connectivity index (χ3v) is 5.17. The van der Waals surface area contributed by atoms with Gasteiger partial charge in [0, 0.05) is 30.2 Å². The van der Waals surface area contributed by atoms with Gasteiger partial charge < -0.3 is 5.32 Å². The normalized spacial score (nSPS) is 11.9. The van der Waals surface area contributed by atoms with Crippen molar-refractivity contribution >= 4 is 23.7 Å². The fourth-order valence-corrected chi connectivity index (χ4v) is 3.71. The summed E-state index contributed by atoms with van der Waals surface area (Å²) in [6.07, 6.45) is 7.65. The predicted molar refractivity (Wildman–Crippen MR) is 109 cm³/mol. The SMILES string of the molecule is CCCCc1ccc(C(NCc2cnn(C)c2)c2cccs2)cc1.Cl. The molecule has 0 aliphatic carbocycles. The molecule has 3 aromatic rings. The minimum absolute atomic E-state index is 0. The maximum absolute atomic E-state index is 4.25. The first kappa shape index (κ1) is 19.7. The van der Waals surface area contributed by atoms with Crippen molar-refractivity contribution in [2.45, 2.75) is 38.8 Å². The maximum Gasteiger partial charge on any atom is 0.0673 e. The minimum atomic E-state index is 0. The van der Waals surface area contributed by atoms with Crippen LogP contribution >= 0.6 is 23.7 Å². The summed E-state index contributed by atoms with van der Waals surface area (Å²) >= 11 is 1.80. The summed E-state index contributed by atoms with van der Waals surface area (Å²) in [5.74, 6) is 0. The molecular formula is C20H26ClN3S. The highest BCUT2D eigenvalue weighted by atomic mass is 35.5. The fourth-order valence-electron chi connectivity index (χ4n) is 2.88. The molecule has 0 amide bonds. The molecular weight excluding hydrogens is 350 g/mol. The topological polar surface area (TPSA) is 29.9 Å². The van der Waals surface area contributed by atoms with E-state index >= 15 is 0 Å². The summed E-state index contributed by atoms with van der Waals surface area (Å²) < 4.78 is 1.85. The van der Waals surface area contributed by atoms with Crippen molar-refractivity contribution in [3.05, 3.63) is 75.7 Å². The lowest BCUT2D eigenvalue weighted by Crippen LogP contribution is -2.21. The van der Waals surface area contributed by atoms with Crippen LogP contribution in [0.2, 0.25) is 0 Å². The Morgan fingerprint density at radius 1 is 1.16 bits per heavy atom. The van der Waals surface area contributed by atoms with Crippen LogP contribution in [0.25, 0.3) is 0 Å². The Kier molecular flexibility index (Phi) is 7.69. The quantitative estimate of drug-likeness (QED) is 0.591. The summed E-state index contributed by atoms with van der Waals surface area (Å²) in [6, 6.07) is 13.6. The molecule has 2 heterocycles. The second-order valence-corrected chi connectivity index (χ2v) is 7.18. The van der Waals surface area contributed by atoms with E-state index in [-0.39, 0.29) is 18.4 Å². The lowest BCUT2D eigenvalue weighted by atomic mass is 10.0. The van der Waals surface area contributed by atoms with E-state index < -0.39 is 0 Å². The van der Waals surface area contributed by atoms with Crippen LogP contribution in [0.1, 0.15) is 47.4 Å². The van der Waals surface area contributed by atoms with Gasteiger partial charge in [0.2, 0.25) is 0 Å². The van der Waals surface area contributed by atoms with Crippen LogP contribution < -0.4 is 5.32 Å². The van der Waals surface area contributed by atoms with E-state index in [2.05, 4.69) is 65.3 Å². The molecule has 0 radical (unpaired) electrons. The number of aromatic nitrogens is 2. The molecule has 0 aliphatic rings. The summed E-state index contributed by atoms with van der Waals surface area (Å²) in [5.41, 5.74) is 3.96. The molecule has 3 rings (SSSR count). The standard InChI is InChI=1S/C20H25N3S.ClH/c1-3-4-6-16-8-10-18(11-9-16)20(19-7-5-12-24-19)21-13-17-14-22-23(2)15-17;/h5,7-12,14-15,20-21H,3-4,6,13H2,1-2H3;1H. The average molecular weight is 376 g/mol.